The maximum Gasteiger partial charge on any atom is 0.325 e. The predicted octanol–water partition coefficient (Wildman–Crippen LogP) is 2.84. The molecular formula is C18H21Cl3N4O5. The lowest BCUT2D eigenvalue weighted by molar-refractivity contribution is -0.138. The van der Waals surface area contributed by atoms with E-state index >= 15 is 0 Å². The monoisotopic (exact) mass is 478 g/mol. The Balaban J connectivity index is 0.00000450. The highest BCUT2D eigenvalue weighted by atomic mass is 35.5. The number of nitrogens with one attached hydrogen (secondary N) is 3. The third-order valence-corrected chi connectivity index (χ3v) is 4.81. The first kappa shape index (κ1) is 25.6. The van der Waals surface area contributed by atoms with Gasteiger partial charge in [-0.05, 0) is 32.0 Å². The van der Waals surface area contributed by atoms with Gasteiger partial charge in [0.2, 0.25) is 0 Å². The van der Waals surface area contributed by atoms with Gasteiger partial charge < -0.3 is 31.2 Å². The number of aliphatic carboxylic acids is 1. The smallest absolute Gasteiger partial charge is 0.325 e. The van der Waals surface area contributed by atoms with Gasteiger partial charge in [0.05, 0.1) is 15.7 Å². The predicted molar refractivity (Wildman–Crippen MR) is 116 cm³/mol. The first-order valence-electron chi connectivity index (χ1n) is 8.51. The summed E-state index contributed by atoms with van der Waals surface area (Å²) in [5.41, 5.74) is 6.51. The maximum absolute atomic E-state index is 12.6. The average Bonchev–Trinajstić information content (AvgIpc) is 2.94. The molecule has 12 heteroatoms. The first-order valence-corrected chi connectivity index (χ1v) is 9.26. The van der Waals surface area contributed by atoms with Crippen molar-refractivity contribution in [2.45, 2.75) is 19.9 Å². The van der Waals surface area contributed by atoms with E-state index in [1.807, 2.05) is 0 Å². The summed E-state index contributed by atoms with van der Waals surface area (Å²) in [5.74, 6) is -2.15. The van der Waals surface area contributed by atoms with Crippen LogP contribution >= 0.6 is 35.6 Å². The SMILES string of the molecule is Cc1[nH]c(C(=O)Nc2ccc(C(=O)N[C@@H](C)C(=O)O)cc2OCCN)c(Cl)c1Cl.Cl. The second-order valence-corrected chi connectivity index (χ2v) is 6.84. The topological polar surface area (TPSA) is 147 Å². The van der Waals surface area contributed by atoms with Crippen molar-refractivity contribution in [1.29, 1.82) is 0 Å². The highest BCUT2D eigenvalue weighted by Crippen LogP contribution is 2.31. The molecule has 9 nitrogen and oxygen atoms in total. The van der Waals surface area contributed by atoms with Crippen molar-refractivity contribution in [3.05, 3.63) is 45.2 Å². The largest absolute Gasteiger partial charge is 0.490 e. The quantitative estimate of drug-likeness (QED) is 0.393. The number of benzene rings is 1. The third-order valence-electron chi connectivity index (χ3n) is 3.87. The van der Waals surface area contributed by atoms with Crippen molar-refractivity contribution in [3.8, 4) is 5.75 Å². The molecule has 1 heterocycles. The van der Waals surface area contributed by atoms with Gasteiger partial charge in [-0.2, -0.15) is 0 Å². The molecule has 1 aromatic carbocycles. The molecule has 1 atom stereocenters. The molecule has 6 N–H and O–H groups in total. The van der Waals surface area contributed by atoms with Crippen LogP contribution in [0.3, 0.4) is 0 Å². The van der Waals surface area contributed by atoms with Gasteiger partial charge in [0.25, 0.3) is 11.8 Å². The lowest BCUT2D eigenvalue weighted by Crippen LogP contribution is -2.38. The molecule has 0 unspecified atom stereocenters. The minimum Gasteiger partial charge on any atom is -0.490 e. The van der Waals surface area contributed by atoms with Crippen molar-refractivity contribution in [1.82, 2.24) is 10.3 Å². The molecule has 0 saturated heterocycles. The molecule has 0 fully saturated rings. The zero-order chi connectivity index (χ0) is 21.7. The summed E-state index contributed by atoms with van der Waals surface area (Å²) >= 11 is 12.1. The van der Waals surface area contributed by atoms with Gasteiger partial charge in [0, 0.05) is 17.8 Å². The fraction of sp³-hybridized carbons (Fsp3) is 0.278. The lowest BCUT2D eigenvalue weighted by Gasteiger charge is -2.14. The molecular weight excluding hydrogens is 459 g/mol. The Morgan fingerprint density at radius 3 is 2.43 bits per heavy atom. The molecule has 2 amide bonds. The van der Waals surface area contributed by atoms with Crippen LogP contribution < -0.4 is 21.1 Å². The van der Waals surface area contributed by atoms with Gasteiger partial charge in [0.1, 0.15) is 24.1 Å². The molecule has 0 spiro atoms. The van der Waals surface area contributed by atoms with Crippen LogP contribution in [0.15, 0.2) is 18.2 Å². The van der Waals surface area contributed by atoms with Crippen LogP contribution in [-0.4, -0.2) is 47.1 Å². The van der Waals surface area contributed by atoms with E-state index in [1.165, 1.54) is 25.1 Å². The number of carbonyl (C=O) groups excluding carboxylic acids is 2. The number of rotatable bonds is 8. The van der Waals surface area contributed by atoms with Crippen LogP contribution in [0.2, 0.25) is 10.0 Å². The Labute approximate surface area is 188 Å². The summed E-state index contributed by atoms with van der Waals surface area (Å²) in [6.45, 7) is 3.35. The number of halogens is 3. The molecule has 0 aliphatic rings. The van der Waals surface area contributed by atoms with E-state index in [0.29, 0.717) is 5.69 Å². The number of nitrogens with two attached hydrogens (primary N) is 1. The maximum atomic E-state index is 12.6. The van der Waals surface area contributed by atoms with Crippen LogP contribution in [0, 0.1) is 6.92 Å². The van der Waals surface area contributed by atoms with E-state index in [1.54, 1.807) is 6.92 Å². The minimum absolute atomic E-state index is 0. The van der Waals surface area contributed by atoms with Gasteiger partial charge in [-0.1, -0.05) is 23.2 Å². The van der Waals surface area contributed by atoms with Crippen LogP contribution in [0.4, 0.5) is 5.69 Å². The fourth-order valence-corrected chi connectivity index (χ4v) is 2.73. The highest BCUT2D eigenvalue weighted by Gasteiger charge is 2.21. The van der Waals surface area contributed by atoms with Crippen molar-refractivity contribution in [2.24, 2.45) is 5.73 Å². The number of amides is 2. The van der Waals surface area contributed by atoms with Crippen molar-refractivity contribution < 1.29 is 24.2 Å². The van der Waals surface area contributed by atoms with E-state index in [0.717, 1.165) is 0 Å². The molecule has 2 rings (SSSR count). The molecule has 1 aromatic heterocycles. The van der Waals surface area contributed by atoms with Crippen LogP contribution in [0.5, 0.6) is 5.75 Å². The minimum atomic E-state index is -1.17. The second kappa shape index (κ2) is 11.1. The van der Waals surface area contributed by atoms with Crippen LogP contribution in [0.1, 0.15) is 33.5 Å². The zero-order valence-corrected chi connectivity index (χ0v) is 18.4. The van der Waals surface area contributed by atoms with Crippen LogP contribution in [0.25, 0.3) is 0 Å². The standard InChI is InChI=1S/C18H20Cl2N4O5.ClH/c1-8-13(19)14(20)15(22-8)17(26)24-11-4-3-10(7-12(11)29-6-5-21)16(25)23-9(2)18(27)28;/h3-4,7,9,22H,5-6,21H2,1-2H3,(H,23,25)(H,24,26)(H,27,28);1H/t9-;/m0./s1. The summed E-state index contributed by atoms with van der Waals surface area (Å²) in [6.07, 6.45) is 0. The van der Waals surface area contributed by atoms with Crippen molar-refractivity contribution in [3.63, 3.8) is 0 Å². The Hall–Kier alpha value is -2.46. The number of carboxylic acids is 1. The molecule has 0 radical (unpaired) electrons. The van der Waals surface area contributed by atoms with E-state index in [4.69, 9.17) is 38.8 Å². The van der Waals surface area contributed by atoms with Crippen molar-refractivity contribution in [2.75, 3.05) is 18.5 Å². The summed E-state index contributed by atoms with van der Waals surface area (Å²) in [5, 5.41) is 14.2. The number of hydrogen-bond acceptors (Lipinski definition) is 5. The number of aryl methyl sites for hydroxylation is 1. The highest BCUT2D eigenvalue weighted by molar-refractivity contribution is 6.44. The Kier molecular flexibility index (Phi) is 9.44. The lowest BCUT2D eigenvalue weighted by atomic mass is 10.1. The normalized spacial score (nSPS) is 11.2. The summed E-state index contributed by atoms with van der Waals surface area (Å²) in [6, 6.07) is 3.18. The van der Waals surface area contributed by atoms with Crippen molar-refractivity contribution >= 4 is 59.1 Å². The van der Waals surface area contributed by atoms with Gasteiger partial charge in [-0.25, -0.2) is 0 Å². The average molecular weight is 480 g/mol. The zero-order valence-electron chi connectivity index (χ0n) is 16.0. The Morgan fingerprint density at radius 2 is 1.90 bits per heavy atom. The number of carboxylic acid groups (broad SMARTS) is 1. The molecule has 0 saturated carbocycles. The van der Waals surface area contributed by atoms with E-state index < -0.39 is 23.8 Å². The molecule has 30 heavy (non-hydrogen) atoms. The molecule has 0 aliphatic heterocycles. The van der Waals surface area contributed by atoms with E-state index in [-0.39, 0.29) is 58.3 Å². The van der Waals surface area contributed by atoms with Gasteiger partial charge >= 0.3 is 5.97 Å². The summed E-state index contributed by atoms with van der Waals surface area (Å²) < 4.78 is 5.52. The number of aromatic nitrogens is 1. The number of aromatic amines is 1. The van der Waals surface area contributed by atoms with E-state index in [2.05, 4.69) is 15.6 Å². The van der Waals surface area contributed by atoms with Gasteiger partial charge in [-0.3, -0.25) is 14.4 Å². The molecule has 164 valence electrons. The summed E-state index contributed by atoms with van der Waals surface area (Å²) in [7, 11) is 0. The fourth-order valence-electron chi connectivity index (χ4n) is 2.31. The number of carbonyl (C=O) groups is 3. The third kappa shape index (κ3) is 6.02. The number of ether oxygens (including phenoxy) is 1. The Bertz CT molecular complexity index is 948. The van der Waals surface area contributed by atoms with Gasteiger partial charge in [0.15, 0.2) is 0 Å². The van der Waals surface area contributed by atoms with E-state index in [9.17, 15) is 14.4 Å². The number of H-pyrrole nitrogens is 1. The molecule has 0 bridgehead atoms. The molecule has 0 aliphatic carbocycles. The Morgan fingerprint density at radius 1 is 1.23 bits per heavy atom. The second-order valence-electron chi connectivity index (χ2n) is 6.09. The first-order chi connectivity index (χ1) is 13.6. The number of anilines is 1. The van der Waals surface area contributed by atoms with Crippen LogP contribution in [-0.2, 0) is 4.79 Å². The van der Waals surface area contributed by atoms with Gasteiger partial charge in [-0.15, -0.1) is 12.4 Å². The number of hydrogen-bond donors (Lipinski definition) is 5. The molecule has 2 aromatic rings. The summed E-state index contributed by atoms with van der Waals surface area (Å²) in [4.78, 5) is 38.5.